The highest BCUT2D eigenvalue weighted by molar-refractivity contribution is 7.96. The summed E-state index contributed by atoms with van der Waals surface area (Å²) in [7, 11) is -3.29. The first-order valence-electron chi connectivity index (χ1n) is 9.97. The molecule has 0 radical (unpaired) electrons. The van der Waals surface area contributed by atoms with E-state index in [1.54, 1.807) is 24.3 Å². The maximum atomic E-state index is 13.2. The summed E-state index contributed by atoms with van der Waals surface area (Å²) in [6.45, 7) is 4.36. The smallest absolute Gasteiger partial charge is 0.183 e. The molecule has 0 bridgehead atoms. The van der Waals surface area contributed by atoms with Crippen LogP contribution in [0.1, 0.15) is 22.7 Å². The van der Waals surface area contributed by atoms with E-state index in [0.29, 0.717) is 6.54 Å². The molecule has 3 rings (SSSR count). The molecule has 1 fully saturated rings. The number of likely N-dealkylation sites (N-methyl/N-ethyl adjacent to an activating group) is 1. The number of rotatable bonds is 7. The van der Waals surface area contributed by atoms with E-state index in [4.69, 9.17) is 0 Å². The number of nitrogens with one attached hydrogen (secondary N) is 1. The minimum absolute atomic E-state index is 0.00312. The van der Waals surface area contributed by atoms with Crippen LogP contribution in [-0.4, -0.2) is 65.2 Å². The van der Waals surface area contributed by atoms with Crippen LogP contribution in [0, 0.1) is 13.8 Å². The van der Waals surface area contributed by atoms with Gasteiger partial charge in [0.2, 0.25) is 0 Å². The molecule has 0 aliphatic carbocycles. The molecule has 1 heterocycles. The lowest BCUT2D eigenvalue weighted by molar-refractivity contribution is 0.282. The Morgan fingerprint density at radius 3 is 2.03 bits per heavy atom. The summed E-state index contributed by atoms with van der Waals surface area (Å²) in [6.07, 6.45) is 0. The Bertz CT molecular complexity index is 1080. The van der Waals surface area contributed by atoms with Crippen molar-refractivity contribution < 1.29 is 16.8 Å². The molecule has 8 heteroatoms. The van der Waals surface area contributed by atoms with Gasteiger partial charge < -0.3 is 10.2 Å². The third-order valence-corrected chi connectivity index (χ3v) is 9.87. The quantitative estimate of drug-likeness (QED) is 0.696. The number of benzene rings is 2. The largest absolute Gasteiger partial charge is 0.310 e. The monoisotopic (exact) mass is 450 g/mol. The number of hydrogen-bond donors (Lipinski definition) is 1. The Morgan fingerprint density at radius 2 is 1.50 bits per heavy atom. The molecule has 2 aromatic rings. The van der Waals surface area contributed by atoms with Crippen molar-refractivity contribution in [3.8, 4) is 0 Å². The summed E-state index contributed by atoms with van der Waals surface area (Å²) in [4.78, 5) is 2.22. The summed E-state index contributed by atoms with van der Waals surface area (Å²) < 4.78 is 51.1. The zero-order valence-electron chi connectivity index (χ0n) is 17.9. The van der Waals surface area contributed by atoms with Gasteiger partial charge in [-0.1, -0.05) is 47.5 Å². The molecule has 0 unspecified atom stereocenters. The van der Waals surface area contributed by atoms with Gasteiger partial charge in [-0.25, -0.2) is 16.8 Å². The van der Waals surface area contributed by atoms with Gasteiger partial charge >= 0.3 is 0 Å². The molecule has 3 atom stereocenters. The van der Waals surface area contributed by atoms with Crippen LogP contribution in [0.15, 0.2) is 53.4 Å². The van der Waals surface area contributed by atoms with E-state index < -0.39 is 31.0 Å². The Hall–Kier alpha value is -1.74. The maximum Gasteiger partial charge on any atom is 0.183 e. The highest BCUT2D eigenvalue weighted by atomic mass is 32.2. The highest BCUT2D eigenvalue weighted by Crippen LogP contribution is 2.27. The molecule has 1 aliphatic heterocycles. The third-order valence-electron chi connectivity index (χ3n) is 5.71. The van der Waals surface area contributed by atoms with Gasteiger partial charge in [-0.15, -0.1) is 0 Å². The van der Waals surface area contributed by atoms with E-state index >= 15 is 0 Å². The first-order chi connectivity index (χ1) is 14.0. The second-order valence-electron chi connectivity index (χ2n) is 8.38. The number of hydrogen-bond acceptors (Lipinski definition) is 6. The molecule has 0 aromatic heterocycles. The molecule has 0 amide bonds. The topological polar surface area (TPSA) is 83.5 Å². The third kappa shape index (κ3) is 5.11. The van der Waals surface area contributed by atoms with Gasteiger partial charge in [0.1, 0.15) is 0 Å². The van der Waals surface area contributed by atoms with Crippen LogP contribution < -0.4 is 5.32 Å². The molecule has 164 valence electrons. The lowest BCUT2D eigenvalue weighted by Gasteiger charge is -2.28. The van der Waals surface area contributed by atoms with Crippen LogP contribution in [0.5, 0.6) is 0 Å². The zero-order chi connectivity index (χ0) is 22.1. The van der Waals surface area contributed by atoms with Crippen LogP contribution in [0.2, 0.25) is 0 Å². The van der Waals surface area contributed by atoms with Crippen molar-refractivity contribution in [2.24, 2.45) is 0 Å². The first kappa shape index (κ1) is 22.9. The summed E-state index contributed by atoms with van der Waals surface area (Å²) >= 11 is 0. The lowest BCUT2D eigenvalue weighted by atomic mass is 10.0. The SMILES string of the molecule is Cc1ccc([C@H](CN[C@H]2CS(=O)(=O)C[C@@H]2S(=O)(=O)c2ccc(C)cc2)N(C)C)cc1. The fourth-order valence-electron chi connectivity index (χ4n) is 3.86. The van der Waals surface area contributed by atoms with Crippen molar-refractivity contribution in [2.45, 2.75) is 36.1 Å². The van der Waals surface area contributed by atoms with Gasteiger partial charge in [0.05, 0.1) is 21.7 Å². The summed E-state index contributed by atoms with van der Waals surface area (Å²) in [6, 6.07) is 14.1. The van der Waals surface area contributed by atoms with Crippen molar-refractivity contribution in [3.63, 3.8) is 0 Å². The van der Waals surface area contributed by atoms with E-state index in [-0.39, 0.29) is 22.4 Å². The molecule has 1 aliphatic rings. The van der Waals surface area contributed by atoms with Gasteiger partial charge in [-0.3, -0.25) is 0 Å². The minimum Gasteiger partial charge on any atom is -0.310 e. The summed E-state index contributed by atoms with van der Waals surface area (Å²) in [5.74, 6) is -0.519. The fourth-order valence-corrected chi connectivity index (χ4v) is 8.58. The normalized spacial score (nSPS) is 22.3. The molecule has 6 nitrogen and oxygen atoms in total. The van der Waals surface area contributed by atoms with E-state index in [1.165, 1.54) is 0 Å². The zero-order valence-corrected chi connectivity index (χ0v) is 19.5. The van der Waals surface area contributed by atoms with Crippen molar-refractivity contribution in [2.75, 3.05) is 32.1 Å². The van der Waals surface area contributed by atoms with Crippen molar-refractivity contribution in [3.05, 3.63) is 65.2 Å². The lowest BCUT2D eigenvalue weighted by Crippen LogP contribution is -2.46. The fraction of sp³-hybridized carbons (Fsp3) is 0.455. The summed E-state index contributed by atoms with van der Waals surface area (Å²) in [5.41, 5.74) is 3.21. The summed E-state index contributed by atoms with van der Waals surface area (Å²) in [5, 5.41) is 2.27. The van der Waals surface area contributed by atoms with E-state index in [0.717, 1.165) is 16.7 Å². The van der Waals surface area contributed by atoms with E-state index in [9.17, 15) is 16.8 Å². The highest BCUT2D eigenvalue weighted by Gasteiger charge is 2.45. The predicted molar refractivity (Wildman–Crippen MR) is 120 cm³/mol. The van der Waals surface area contributed by atoms with Crippen LogP contribution in [-0.2, 0) is 19.7 Å². The molecule has 1 saturated heterocycles. The molecular weight excluding hydrogens is 420 g/mol. The molecule has 1 N–H and O–H groups in total. The van der Waals surface area contributed by atoms with E-state index in [2.05, 4.69) is 5.32 Å². The van der Waals surface area contributed by atoms with Gasteiger partial charge in [0.25, 0.3) is 0 Å². The Kier molecular flexibility index (Phi) is 6.72. The predicted octanol–water partition coefficient (Wildman–Crippen LogP) is 2.14. The number of aryl methyl sites for hydroxylation is 2. The Balaban J connectivity index is 1.83. The van der Waals surface area contributed by atoms with Crippen LogP contribution >= 0.6 is 0 Å². The van der Waals surface area contributed by atoms with Crippen LogP contribution in [0.4, 0.5) is 0 Å². The number of nitrogens with zero attached hydrogens (tertiary/aromatic N) is 1. The Morgan fingerprint density at radius 1 is 0.967 bits per heavy atom. The molecular formula is C22H30N2O4S2. The van der Waals surface area contributed by atoms with Gasteiger partial charge in [-0.2, -0.15) is 0 Å². The van der Waals surface area contributed by atoms with Gasteiger partial charge in [-0.05, 0) is 45.6 Å². The van der Waals surface area contributed by atoms with Gasteiger partial charge in [0, 0.05) is 18.6 Å². The number of sulfone groups is 2. The van der Waals surface area contributed by atoms with Crippen molar-refractivity contribution in [1.29, 1.82) is 0 Å². The molecule has 2 aromatic carbocycles. The minimum atomic E-state index is -3.77. The van der Waals surface area contributed by atoms with Crippen molar-refractivity contribution >= 4 is 19.7 Å². The first-order valence-corrected chi connectivity index (χ1v) is 13.3. The standard InChI is InChI=1S/C22H30N2O4S2/c1-16-5-9-18(10-6-16)21(24(3)4)13-23-20-14-29(25,26)15-22(20)30(27,28)19-11-7-17(2)8-12-19/h5-12,20-23H,13-15H2,1-4H3/t20-,21-,22-/m0/s1. The average Bonchev–Trinajstić information content (AvgIpc) is 2.99. The molecule has 0 spiro atoms. The van der Waals surface area contributed by atoms with Crippen molar-refractivity contribution in [1.82, 2.24) is 10.2 Å². The molecule has 30 heavy (non-hydrogen) atoms. The molecule has 0 saturated carbocycles. The average molecular weight is 451 g/mol. The van der Waals surface area contributed by atoms with Crippen LogP contribution in [0.3, 0.4) is 0 Å². The second kappa shape index (κ2) is 8.78. The maximum absolute atomic E-state index is 13.2. The van der Waals surface area contributed by atoms with Crippen LogP contribution in [0.25, 0.3) is 0 Å². The second-order valence-corrected chi connectivity index (χ2v) is 12.7. The van der Waals surface area contributed by atoms with E-state index in [1.807, 2.05) is 57.1 Å². The Labute approximate surface area is 180 Å². The van der Waals surface area contributed by atoms with Gasteiger partial charge in [0.15, 0.2) is 19.7 Å².